The summed E-state index contributed by atoms with van der Waals surface area (Å²) in [6, 6.07) is 3.14. The minimum absolute atomic E-state index is 0.00272. The standard InChI is InChI=1S/C23H31FN4O5S/c1-15-14-27(21(29)16(2)26-22(30)33-23(3,4)5)10-7-11-28(15)34(31,32)19-9-6-8-17-12-25-13-18(24)20(17)19/h6,8-9,12-13,15-16H,7,10-11,14H2,1-5H3,(H,26,30)/t15-,16-/m0/s1. The number of ether oxygens (including phenoxy) is 1. The van der Waals surface area contributed by atoms with Crippen molar-refractivity contribution in [3.05, 3.63) is 36.4 Å². The number of amides is 2. The SMILES string of the molecule is C[C@H](NC(=O)OC(C)(C)C)C(=O)N1CCCN(S(=O)(=O)c2cccc3cncc(F)c23)[C@@H](C)C1. The van der Waals surface area contributed by atoms with Crippen molar-refractivity contribution in [2.24, 2.45) is 0 Å². The number of carbonyl (C=O) groups is 2. The molecule has 0 saturated carbocycles. The van der Waals surface area contributed by atoms with Crippen molar-refractivity contribution in [1.82, 2.24) is 19.5 Å². The van der Waals surface area contributed by atoms with E-state index in [-0.39, 0.29) is 29.3 Å². The van der Waals surface area contributed by atoms with E-state index in [1.54, 1.807) is 46.8 Å². The van der Waals surface area contributed by atoms with Gasteiger partial charge < -0.3 is 15.0 Å². The molecule has 2 amide bonds. The van der Waals surface area contributed by atoms with Gasteiger partial charge in [-0.05, 0) is 47.1 Å². The first-order chi connectivity index (χ1) is 15.8. The molecule has 0 unspecified atom stereocenters. The van der Waals surface area contributed by atoms with Gasteiger partial charge in [-0.2, -0.15) is 4.31 Å². The van der Waals surface area contributed by atoms with E-state index in [1.807, 2.05) is 0 Å². The monoisotopic (exact) mass is 494 g/mol. The van der Waals surface area contributed by atoms with Gasteiger partial charge in [-0.3, -0.25) is 9.78 Å². The molecule has 2 atom stereocenters. The van der Waals surface area contributed by atoms with Gasteiger partial charge in [0.25, 0.3) is 0 Å². The van der Waals surface area contributed by atoms with Crippen LogP contribution in [0.1, 0.15) is 41.0 Å². The second-order valence-corrected chi connectivity index (χ2v) is 11.3. The highest BCUT2D eigenvalue weighted by Crippen LogP contribution is 2.29. The molecule has 1 aromatic heterocycles. The molecule has 1 aliphatic heterocycles. The normalized spacial score (nSPS) is 18.9. The second-order valence-electron chi connectivity index (χ2n) is 9.45. The lowest BCUT2D eigenvalue weighted by molar-refractivity contribution is -0.133. The molecule has 2 heterocycles. The number of halogens is 1. The highest BCUT2D eigenvalue weighted by molar-refractivity contribution is 7.89. The lowest BCUT2D eigenvalue weighted by atomic mass is 10.2. The minimum Gasteiger partial charge on any atom is -0.444 e. The van der Waals surface area contributed by atoms with Crippen LogP contribution in [0.4, 0.5) is 9.18 Å². The molecule has 9 nitrogen and oxygen atoms in total. The van der Waals surface area contributed by atoms with Gasteiger partial charge in [0, 0.05) is 42.6 Å². The number of nitrogens with zero attached hydrogens (tertiary/aromatic N) is 3. The first kappa shape index (κ1) is 25.8. The molecule has 1 aliphatic rings. The molecular formula is C23H31FN4O5S. The van der Waals surface area contributed by atoms with Crippen LogP contribution in [0.15, 0.2) is 35.5 Å². The van der Waals surface area contributed by atoms with E-state index in [2.05, 4.69) is 10.3 Å². The maximum atomic E-state index is 14.5. The van der Waals surface area contributed by atoms with Crippen LogP contribution in [0.5, 0.6) is 0 Å². The van der Waals surface area contributed by atoms with Gasteiger partial charge >= 0.3 is 6.09 Å². The van der Waals surface area contributed by atoms with Crippen molar-refractivity contribution in [1.29, 1.82) is 0 Å². The highest BCUT2D eigenvalue weighted by atomic mass is 32.2. The predicted molar refractivity (Wildman–Crippen MR) is 125 cm³/mol. The molecule has 1 fully saturated rings. The molecule has 0 radical (unpaired) electrons. The van der Waals surface area contributed by atoms with Crippen molar-refractivity contribution in [2.75, 3.05) is 19.6 Å². The maximum Gasteiger partial charge on any atom is 0.408 e. The third-order valence-electron chi connectivity index (χ3n) is 5.48. The van der Waals surface area contributed by atoms with E-state index in [9.17, 15) is 22.4 Å². The van der Waals surface area contributed by atoms with Gasteiger partial charge in [-0.1, -0.05) is 12.1 Å². The molecule has 2 aromatic rings. The average Bonchev–Trinajstić information content (AvgIpc) is 2.93. The molecule has 1 N–H and O–H groups in total. The molecule has 1 aromatic carbocycles. The van der Waals surface area contributed by atoms with Crippen LogP contribution < -0.4 is 5.32 Å². The summed E-state index contributed by atoms with van der Waals surface area (Å²) in [6.45, 7) is 9.07. The Morgan fingerprint density at radius 2 is 1.94 bits per heavy atom. The number of fused-ring (bicyclic) bond motifs is 1. The largest absolute Gasteiger partial charge is 0.444 e. The van der Waals surface area contributed by atoms with E-state index in [0.717, 1.165) is 6.20 Å². The number of aromatic nitrogens is 1. The maximum absolute atomic E-state index is 14.5. The molecule has 3 rings (SSSR count). The first-order valence-corrected chi connectivity index (χ1v) is 12.6. The number of hydrogen-bond donors (Lipinski definition) is 1. The molecule has 1 saturated heterocycles. The highest BCUT2D eigenvalue weighted by Gasteiger charge is 2.36. The Morgan fingerprint density at radius 3 is 2.62 bits per heavy atom. The van der Waals surface area contributed by atoms with E-state index in [4.69, 9.17) is 4.74 Å². The second kappa shape index (κ2) is 9.83. The summed E-state index contributed by atoms with van der Waals surface area (Å²) in [5.41, 5.74) is -0.698. The Morgan fingerprint density at radius 1 is 1.24 bits per heavy atom. The number of rotatable bonds is 4. The molecule has 0 aliphatic carbocycles. The Balaban J connectivity index is 1.79. The van der Waals surface area contributed by atoms with Crippen molar-refractivity contribution in [2.45, 2.75) is 63.6 Å². The molecule has 186 valence electrons. The van der Waals surface area contributed by atoms with Gasteiger partial charge in [0.2, 0.25) is 15.9 Å². The third-order valence-corrected chi connectivity index (χ3v) is 7.54. The quantitative estimate of drug-likeness (QED) is 0.700. The fourth-order valence-electron chi connectivity index (χ4n) is 4.02. The summed E-state index contributed by atoms with van der Waals surface area (Å²) in [5, 5.41) is 2.92. The predicted octanol–water partition coefficient (Wildman–Crippen LogP) is 2.90. The van der Waals surface area contributed by atoms with Crippen LogP contribution in [-0.2, 0) is 19.6 Å². The van der Waals surface area contributed by atoms with Gasteiger partial charge in [-0.25, -0.2) is 17.6 Å². The minimum atomic E-state index is -4.05. The van der Waals surface area contributed by atoms with Gasteiger partial charge in [0.15, 0.2) is 5.82 Å². The summed E-state index contributed by atoms with van der Waals surface area (Å²) in [5.74, 6) is -1.04. The van der Waals surface area contributed by atoms with Crippen molar-refractivity contribution < 1.29 is 27.1 Å². The summed E-state index contributed by atoms with van der Waals surface area (Å²) in [4.78, 5) is 30.2. The van der Waals surface area contributed by atoms with E-state index in [1.165, 1.54) is 21.5 Å². The zero-order chi connectivity index (χ0) is 25.3. The number of pyridine rings is 1. The average molecular weight is 495 g/mol. The number of carbonyl (C=O) groups excluding carboxylic acids is 2. The lowest BCUT2D eigenvalue weighted by Crippen LogP contribution is -2.50. The van der Waals surface area contributed by atoms with E-state index >= 15 is 0 Å². The molecular weight excluding hydrogens is 463 g/mol. The molecule has 0 bridgehead atoms. The summed E-state index contributed by atoms with van der Waals surface area (Å²) < 4.78 is 48.2. The molecule has 34 heavy (non-hydrogen) atoms. The zero-order valence-corrected chi connectivity index (χ0v) is 20.9. The Bertz CT molecular complexity index is 1180. The molecule has 11 heteroatoms. The summed E-state index contributed by atoms with van der Waals surface area (Å²) in [7, 11) is -4.05. The Hall–Kier alpha value is -2.79. The van der Waals surface area contributed by atoms with Crippen LogP contribution in [0.2, 0.25) is 0 Å². The Labute approximate surface area is 199 Å². The third kappa shape index (κ3) is 5.64. The van der Waals surface area contributed by atoms with E-state index < -0.39 is 39.6 Å². The summed E-state index contributed by atoms with van der Waals surface area (Å²) in [6.07, 6.45) is 2.10. The van der Waals surface area contributed by atoms with Gasteiger partial charge in [0.05, 0.1) is 11.1 Å². The van der Waals surface area contributed by atoms with Gasteiger partial charge in [0.1, 0.15) is 11.6 Å². The smallest absolute Gasteiger partial charge is 0.408 e. The van der Waals surface area contributed by atoms with E-state index in [0.29, 0.717) is 18.4 Å². The van der Waals surface area contributed by atoms with Crippen LogP contribution in [0.25, 0.3) is 10.8 Å². The van der Waals surface area contributed by atoms with Crippen LogP contribution in [-0.4, -0.2) is 71.9 Å². The fraction of sp³-hybridized carbons (Fsp3) is 0.522. The van der Waals surface area contributed by atoms with Gasteiger partial charge in [-0.15, -0.1) is 0 Å². The van der Waals surface area contributed by atoms with Crippen LogP contribution in [0, 0.1) is 5.82 Å². The van der Waals surface area contributed by atoms with Crippen LogP contribution in [0.3, 0.4) is 0 Å². The lowest BCUT2D eigenvalue weighted by Gasteiger charge is -2.30. The van der Waals surface area contributed by atoms with Crippen molar-refractivity contribution in [3.63, 3.8) is 0 Å². The molecule has 0 spiro atoms. The topological polar surface area (TPSA) is 109 Å². The number of hydrogen-bond acceptors (Lipinski definition) is 6. The zero-order valence-electron chi connectivity index (χ0n) is 20.0. The Kier molecular flexibility index (Phi) is 7.47. The number of benzene rings is 1. The number of nitrogens with one attached hydrogen (secondary N) is 1. The number of alkyl carbamates (subject to hydrolysis) is 1. The first-order valence-electron chi connectivity index (χ1n) is 11.1. The number of sulfonamides is 1. The van der Waals surface area contributed by atoms with Crippen molar-refractivity contribution >= 4 is 32.8 Å². The summed E-state index contributed by atoms with van der Waals surface area (Å²) >= 11 is 0. The fourth-order valence-corrected chi connectivity index (χ4v) is 5.90. The van der Waals surface area contributed by atoms with Crippen LogP contribution >= 0.6 is 0 Å². The van der Waals surface area contributed by atoms with Crippen molar-refractivity contribution in [3.8, 4) is 0 Å².